The van der Waals surface area contributed by atoms with E-state index < -0.39 is 6.10 Å². The summed E-state index contributed by atoms with van der Waals surface area (Å²) in [5.74, 6) is 0. The molecule has 1 unspecified atom stereocenters. The minimum Gasteiger partial charge on any atom is -0.389 e. The molecule has 0 bridgehead atoms. The lowest BCUT2D eigenvalue weighted by Gasteiger charge is -2.13. The van der Waals surface area contributed by atoms with Crippen LogP contribution in [0.3, 0.4) is 0 Å². The second kappa shape index (κ2) is 10.5. The van der Waals surface area contributed by atoms with Crippen LogP contribution in [0.1, 0.15) is 32.6 Å². The fourth-order valence-electron chi connectivity index (χ4n) is 1.74. The van der Waals surface area contributed by atoms with Gasteiger partial charge in [0.25, 0.3) is 0 Å². The summed E-state index contributed by atoms with van der Waals surface area (Å²) in [4.78, 5) is 0. The number of hydrogen-bond acceptors (Lipinski definition) is 3. The maximum Gasteiger partial charge on any atom is 0.0945 e. The molecule has 108 valence electrons. The Hall–Kier alpha value is -0.330. The van der Waals surface area contributed by atoms with Gasteiger partial charge in [0.15, 0.2) is 0 Å². The van der Waals surface area contributed by atoms with Gasteiger partial charge < -0.3 is 15.2 Å². The topological polar surface area (TPSA) is 41.5 Å². The molecule has 19 heavy (non-hydrogen) atoms. The molecule has 0 aliphatic carbocycles. The smallest absolute Gasteiger partial charge is 0.0945 e. The first kappa shape index (κ1) is 16.7. The number of ether oxygens (including phenoxy) is 1. The second-order valence-electron chi connectivity index (χ2n) is 4.68. The second-order valence-corrected chi connectivity index (χ2v) is 5.93. The zero-order valence-corrected chi connectivity index (χ0v) is 13.7. The number of aliphatic hydroxyl groups is 1. The van der Waals surface area contributed by atoms with Crippen molar-refractivity contribution in [1.82, 2.24) is 0 Å². The molecular weight excluding hydrogens is 353 g/mol. The van der Waals surface area contributed by atoms with Crippen molar-refractivity contribution in [2.75, 3.05) is 25.1 Å². The van der Waals surface area contributed by atoms with Crippen LogP contribution in [0.15, 0.2) is 24.3 Å². The molecular formula is C15H24INO2. The van der Waals surface area contributed by atoms with Crippen LogP contribution in [0.5, 0.6) is 0 Å². The molecule has 0 saturated heterocycles. The van der Waals surface area contributed by atoms with Crippen molar-refractivity contribution in [3.05, 3.63) is 27.8 Å². The molecule has 0 radical (unpaired) electrons. The Labute approximate surface area is 129 Å². The molecule has 0 spiro atoms. The number of rotatable bonds is 10. The van der Waals surface area contributed by atoms with E-state index in [0.717, 1.165) is 18.7 Å². The molecule has 3 nitrogen and oxygen atoms in total. The Bertz CT molecular complexity index is 347. The van der Waals surface area contributed by atoms with E-state index in [4.69, 9.17) is 4.74 Å². The van der Waals surface area contributed by atoms with Crippen molar-refractivity contribution in [2.24, 2.45) is 0 Å². The molecule has 0 heterocycles. The van der Waals surface area contributed by atoms with Crippen LogP contribution in [0.2, 0.25) is 0 Å². The van der Waals surface area contributed by atoms with Gasteiger partial charge in [0.2, 0.25) is 0 Å². The number of halogens is 1. The number of aliphatic hydroxyl groups excluding tert-OH is 1. The van der Waals surface area contributed by atoms with Crippen molar-refractivity contribution in [3.8, 4) is 0 Å². The molecule has 0 fully saturated rings. The third-order valence-corrected chi connectivity index (χ3v) is 3.49. The molecule has 1 aromatic rings. The average molecular weight is 377 g/mol. The first-order chi connectivity index (χ1) is 9.22. The summed E-state index contributed by atoms with van der Waals surface area (Å²) < 4.78 is 6.65. The van der Waals surface area contributed by atoms with Crippen LogP contribution in [0, 0.1) is 3.57 Å². The van der Waals surface area contributed by atoms with E-state index in [9.17, 15) is 5.11 Å². The molecule has 1 aromatic carbocycles. The van der Waals surface area contributed by atoms with E-state index in [1.807, 2.05) is 18.2 Å². The van der Waals surface area contributed by atoms with Gasteiger partial charge in [-0.2, -0.15) is 0 Å². The van der Waals surface area contributed by atoms with Crippen LogP contribution in [0.25, 0.3) is 0 Å². The number of unbranched alkanes of at least 4 members (excludes halogenated alkanes) is 3. The minimum atomic E-state index is -0.455. The van der Waals surface area contributed by atoms with Crippen LogP contribution >= 0.6 is 22.6 Å². The average Bonchev–Trinajstić information content (AvgIpc) is 2.40. The highest BCUT2D eigenvalue weighted by atomic mass is 127. The summed E-state index contributed by atoms with van der Waals surface area (Å²) in [5, 5.41) is 13.0. The molecule has 2 N–H and O–H groups in total. The first-order valence-corrected chi connectivity index (χ1v) is 8.05. The molecule has 1 atom stereocenters. The summed E-state index contributed by atoms with van der Waals surface area (Å²) in [5.41, 5.74) is 1.04. The first-order valence-electron chi connectivity index (χ1n) is 6.97. The Kier molecular flexibility index (Phi) is 9.20. The maximum atomic E-state index is 9.79. The summed E-state index contributed by atoms with van der Waals surface area (Å²) >= 11 is 2.27. The lowest BCUT2D eigenvalue weighted by atomic mass is 10.2. The SMILES string of the molecule is CCCCCCOCC(O)CNc1cccc(I)c1. The van der Waals surface area contributed by atoms with Crippen molar-refractivity contribution in [3.63, 3.8) is 0 Å². The van der Waals surface area contributed by atoms with Gasteiger partial charge in [-0.1, -0.05) is 32.3 Å². The van der Waals surface area contributed by atoms with Crippen molar-refractivity contribution < 1.29 is 9.84 Å². The van der Waals surface area contributed by atoms with Gasteiger partial charge in [0.05, 0.1) is 12.7 Å². The standard InChI is InChI=1S/C15H24INO2/c1-2-3-4-5-9-19-12-15(18)11-17-14-8-6-7-13(16)10-14/h6-8,10,15,17-18H,2-5,9,11-12H2,1H3. The predicted octanol–water partition coefficient (Wildman–Crippen LogP) is 3.66. The molecule has 0 amide bonds. The molecule has 4 heteroatoms. The summed E-state index contributed by atoms with van der Waals surface area (Å²) in [6, 6.07) is 8.10. The van der Waals surface area contributed by atoms with Gasteiger partial charge >= 0.3 is 0 Å². The van der Waals surface area contributed by atoms with Crippen LogP contribution in [0.4, 0.5) is 5.69 Å². The van der Waals surface area contributed by atoms with Crippen LogP contribution in [-0.2, 0) is 4.74 Å². The largest absolute Gasteiger partial charge is 0.389 e. The summed E-state index contributed by atoms with van der Waals surface area (Å²) in [6.45, 7) is 3.87. The quantitative estimate of drug-likeness (QED) is 0.483. The van der Waals surface area contributed by atoms with Gasteiger partial charge in [0, 0.05) is 22.4 Å². The van der Waals surface area contributed by atoms with Crippen LogP contribution < -0.4 is 5.32 Å². The highest BCUT2D eigenvalue weighted by Crippen LogP contribution is 2.12. The van der Waals surface area contributed by atoms with Crippen molar-refractivity contribution in [1.29, 1.82) is 0 Å². The zero-order chi connectivity index (χ0) is 13.9. The normalized spacial score (nSPS) is 12.4. The van der Waals surface area contributed by atoms with E-state index in [1.54, 1.807) is 0 Å². The van der Waals surface area contributed by atoms with E-state index in [0.29, 0.717) is 13.2 Å². The lowest BCUT2D eigenvalue weighted by Crippen LogP contribution is -2.25. The predicted molar refractivity (Wildman–Crippen MR) is 88.6 cm³/mol. The Morgan fingerprint density at radius 1 is 1.32 bits per heavy atom. The van der Waals surface area contributed by atoms with Crippen molar-refractivity contribution in [2.45, 2.75) is 38.7 Å². The number of hydrogen-bond donors (Lipinski definition) is 2. The number of benzene rings is 1. The fourth-order valence-corrected chi connectivity index (χ4v) is 2.29. The van der Waals surface area contributed by atoms with E-state index in [2.05, 4.69) is 40.9 Å². The van der Waals surface area contributed by atoms with E-state index in [-0.39, 0.29) is 0 Å². The van der Waals surface area contributed by atoms with Gasteiger partial charge in [-0.15, -0.1) is 0 Å². The van der Waals surface area contributed by atoms with E-state index >= 15 is 0 Å². The Morgan fingerprint density at radius 2 is 2.16 bits per heavy atom. The third kappa shape index (κ3) is 8.44. The molecule has 0 aromatic heterocycles. The highest BCUT2D eigenvalue weighted by molar-refractivity contribution is 14.1. The lowest BCUT2D eigenvalue weighted by molar-refractivity contribution is 0.0417. The van der Waals surface area contributed by atoms with Gasteiger partial charge in [-0.25, -0.2) is 0 Å². The zero-order valence-electron chi connectivity index (χ0n) is 11.6. The molecule has 0 aliphatic rings. The summed E-state index contributed by atoms with van der Waals surface area (Å²) in [6.07, 6.45) is 4.35. The van der Waals surface area contributed by atoms with Crippen LogP contribution in [-0.4, -0.2) is 31.0 Å². The Morgan fingerprint density at radius 3 is 2.89 bits per heavy atom. The van der Waals surface area contributed by atoms with Crippen molar-refractivity contribution >= 4 is 28.3 Å². The van der Waals surface area contributed by atoms with E-state index in [1.165, 1.54) is 22.8 Å². The maximum absolute atomic E-state index is 9.79. The monoisotopic (exact) mass is 377 g/mol. The third-order valence-electron chi connectivity index (χ3n) is 2.82. The minimum absolute atomic E-state index is 0.406. The number of nitrogens with one attached hydrogen (secondary N) is 1. The molecule has 0 aliphatic heterocycles. The fraction of sp³-hybridized carbons (Fsp3) is 0.600. The highest BCUT2D eigenvalue weighted by Gasteiger charge is 2.04. The summed E-state index contributed by atoms with van der Waals surface area (Å²) in [7, 11) is 0. The van der Waals surface area contributed by atoms with Gasteiger partial charge in [0.1, 0.15) is 0 Å². The number of anilines is 1. The molecule has 0 saturated carbocycles. The molecule has 1 rings (SSSR count). The van der Waals surface area contributed by atoms with Gasteiger partial charge in [-0.05, 0) is 47.2 Å². The Balaban J connectivity index is 2.06. The van der Waals surface area contributed by atoms with Gasteiger partial charge in [-0.3, -0.25) is 0 Å².